The summed E-state index contributed by atoms with van der Waals surface area (Å²) in [5, 5.41) is 28.5. The monoisotopic (exact) mass is 284 g/mol. The summed E-state index contributed by atoms with van der Waals surface area (Å²) in [4.78, 5) is 22.1. The minimum absolute atomic E-state index is 0.0788. The Morgan fingerprint density at radius 2 is 1.24 bits per heavy atom. The molecule has 0 heterocycles. The van der Waals surface area contributed by atoms with Crippen molar-refractivity contribution in [3.63, 3.8) is 0 Å². The van der Waals surface area contributed by atoms with Gasteiger partial charge in [0.25, 0.3) is 0 Å². The van der Waals surface area contributed by atoms with Crippen LogP contribution in [0.4, 0.5) is 0 Å². The van der Waals surface area contributed by atoms with Crippen LogP contribution in [0.2, 0.25) is 0 Å². The number of benzene rings is 2. The average molecular weight is 284 g/mol. The first-order valence-electron chi connectivity index (χ1n) is 6.03. The third kappa shape index (κ3) is 2.92. The van der Waals surface area contributed by atoms with Gasteiger partial charge in [-0.25, -0.2) is 0 Å². The molecule has 0 unspecified atom stereocenters. The summed E-state index contributed by atoms with van der Waals surface area (Å²) in [7, 11) is 0. The van der Waals surface area contributed by atoms with Crippen molar-refractivity contribution >= 4 is 24.7 Å². The standard InChI is InChI=1S/C16H12O5/c17-8-13-12(14(9-18)16(21)7-15(13)20)6-3-10-1-4-11(19)5-2-10/h1-9,19-21H. The minimum Gasteiger partial charge on any atom is -0.508 e. The Balaban J connectivity index is 2.54. The molecule has 2 aromatic rings. The van der Waals surface area contributed by atoms with Crippen LogP contribution in [0.25, 0.3) is 12.2 Å². The fourth-order valence-corrected chi connectivity index (χ4v) is 1.90. The van der Waals surface area contributed by atoms with Gasteiger partial charge in [0.2, 0.25) is 0 Å². The second kappa shape index (κ2) is 5.92. The highest BCUT2D eigenvalue weighted by atomic mass is 16.3. The molecule has 3 N–H and O–H groups in total. The number of phenolic OH excluding ortho intramolecular Hbond substituents is 3. The maximum absolute atomic E-state index is 11.1. The number of phenols is 3. The van der Waals surface area contributed by atoms with Gasteiger partial charge in [-0.15, -0.1) is 0 Å². The molecule has 106 valence electrons. The van der Waals surface area contributed by atoms with E-state index in [2.05, 4.69) is 0 Å². The summed E-state index contributed by atoms with van der Waals surface area (Å²) in [6, 6.07) is 7.19. The van der Waals surface area contributed by atoms with E-state index in [4.69, 9.17) is 0 Å². The highest BCUT2D eigenvalue weighted by Gasteiger charge is 2.14. The third-order valence-electron chi connectivity index (χ3n) is 2.98. The number of hydrogen-bond donors (Lipinski definition) is 3. The largest absolute Gasteiger partial charge is 0.508 e. The van der Waals surface area contributed by atoms with Gasteiger partial charge >= 0.3 is 0 Å². The molecule has 0 saturated carbocycles. The highest BCUT2D eigenvalue weighted by molar-refractivity contribution is 5.97. The number of aromatic hydroxyl groups is 3. The quantitative estimate of drug-likeness (QED) is 0.592. The lowest BCUT2D eigenvalue weighted by Gasteiger charge is -2.08. The van der Waals surface area contributed by atoms with E-state index < -0.39 is 11.5 Å². The minimum atomic E-state index is -0.404. The third-order valence-corrected chi connectivity index (χ3v) is 2.98. The van der Waals surface area contributed by atoms with E-state index in [1.807, 2.05) is 0 Å². The Labute approximate surface area is 120 Å². The summed E-state index contributed by atoms with van der Waals surface area (Å²) in [6.45, 7) is 0. The maximum Gasteiger partial charge on any atom is 0.154 e. The van der Waals surface area contributed by atoms with Crippen molar-refractivity contribution < 1.29 is 24.9 Å². The number of carbonyl (C=O) groups is 2. The van der Waals surface area contributed by atoms with Gasteiger partial charge in [0, 0.05) is 11.6 Å². The van der Waals surface area contributed by atoms with Crippen molar-refractivity contribution in [3.8, 4) is 17.2 Å². The molecular weight excluding hydrogens is 272 g/mol. The summed E-state index contributed by atoms with van der Waals surface area (Å²) < 4.78 is 0. The van der Waals surface area contributed by atoms with Crippen LogP contribution in [0.1, 0.15) is 31.8 Å². The lowest BCUT2D eigenvalue weighted by Crippen LogP contribution is -1.95. The number of carbonyl (C=O) groups excluding carboxylic acids is 2. The first kappa shape index (κ1) is 14.3. The molecule has 0 aliphatic rings. The molecule has 21 heavy (non-hydrogen) atoms. The van der Waals surface area contributed by atoms with Crippen molar-refractivity contribution in [1.82, 2.24) is 0 Å². The predicted molar refractivity (Wildman–Crippen MR) is 77.6 cm³/mol. The molecule has 0 saturated heterocycles. The number of aldehydes is 2. The van der Waals surface area contributed by atoms with E-state index in [9.17, 15) is 24.9 Å². The summed E-state index contributed by atoms with van der Waals surface area (Å²) in [6.07, 6.45) is 3.86. The van der Waals surface area contributed by atoms with Crippen LogP contribution in [-0.4, -0.2) is 27.9 Å². The van der Waals surface area contributed by atoms with Crippen molar-refractivity contribution in [2.45, 2.75) is 0 Å². The fraction of sp³-hybridized carbons (Fsp3) is 0. The molecular formula is C16H12O5. The first-order chi connectivity index (χ1) is 10.1. The molecule has 2 aromatic carbocycles. The Hall–Kier alpha value is -3.08. The van der Waals surface area contributed by atoms with Crippen LogP contribution < -0.4 is 0 Å². The SMILES string of the molecule is O=Cc1c(O)cc(O)c(C=O)c1C=Cc1ccc(O)cc1. The van der Waals surface area contributed by atoms with E-state index >= 15 is 0 Å². The lowest BCUT2D eigenvalue weighted by molar-refractivity contribution is 0.111. The van der Waals surface area contributed by atoms with E-state index in [0.29, 0.717) is 18.1 Å². The summed E-state index contributed by atoms with van der Waals surface area (Å²) in [5.41, 5.74) is 0.685. The van der Waals surface area contributed by atoms with Crippen LogP contribution in [0, 0.1) is 0 Å². The Kier molecular flexibility index (Phi) is 4.04. The van der Waals surface area contributed by atoms with Crippen LogP contribution in [0.3, 0.4) is 0 Å². The second-order valence-electron chi connectivity index (χ2n) is 4.32. The predicted octanol–water partition coefficient (Wildman–Crippen LogP) is 2.60. The molecule has 0 aromatic heterocycles. The molecule has 0 bridgehead atoms. The molecule has 0 amide bonds. The van der Waals surface area contributed by atoms with E-state index in [0.717, 1.165) is 6.07 Å². The van der Waals surface area contributed by atoms with Crippen molar-refractivity contribution in [1.29, 1.82) is 0 Å². The Morgan fingerprint density at radius 1 is 0.714 bits per heavy atom. The molecule has 2 rings (SSSR count). The van der Waals surface area contributed by atoms with E-state index in [-0.39, 0.29) is 22.4 Å². The average Bonchev–Trinajstić information content (AvgIpc) is 2.46. The topological polar surface area (TPSA) is 94.8 Å². The van der Waals surface area contributed by atoms with Crippen LogP contribution in [0.5, 0.6) is 17.2 Å². The number of rotatable bonds is 4. The Morgan fingerprint density at radius 3 is 1.71 bits per heavy atom. The van der Waals surface area contributed by atoms with Gasteiger partial charge in [-0.3, -0.25) is 9.59 Å². The summed E-state index contributed by atoms with van der Waals surface area (Å²) in [5.74, 6) is -0.693. The van der Waals surface area contributed by atoms with Crippen LogP contribution >= 0.6 is 0 Å². The van der Waals surface area contributed by atoms with E-state index in [1.54, 1.807) is 18.2 Å². The fourth-order valence-electron chi connectivity index (χ4n) is 1.90. The molecule has 0 spiro atoms. The van der Waals surface area contributed by atoms with Crippen molar-refractivity contribution in [2.75, 3.05) is 0 Å². The first-order valence-corrected chi connectivity index (χ1v) is 6.03. The van der Waals surface area contributed by atoms with Crippen molar-refractivity contribution in [3.05, 3.63) is 52.6 Å². The zero-order valence-electron chi connectivity index (χ0n) is 10.9. The van der Waals surface area contributed by atoms with Gasteiger partial charge in [0.15, 0.2) is 12.6 Å². The normalized spacial score (nSPS) is 10.7. The number of hydrogen-bond acceptors (Lipinski definition) is 5. The van der Waals surface area contributed by atoms with Crippen LogP contribution in [0.15, 0.2) is 30.3 Å². The van der Waals surface area contributed by atoms with Crippen molar-refractivity contribution in [2.24, 2.45) is 0 Å². The van der Waals surface area contributed by atoms with Gasteiger partial charge in [-0.05, 0) is 17.7 Å². The zero-order valence-corrected chi connectivity index (χ0v) is 10.9. The Bertz CT molecular complexity index is 682. The zero-order chi connectivity index (χ0) is 15.4. The smallest absolute Gasteiger partial charge is 0.154 e. The molecule has 0 fully saturated rings. The van der Waals surface area contributed by atoms with Gasteiger partial charge in [-0.1, -0.05) is 24.3 Å². The molecule has 0 radical (unpaired) electrons. The van der Waals surface area contributed by atoms with Crippen LogP contribution in [-0.2, 0) is 0 Å². The van der Waals surface area contributed by atoms with Gasteiger partial charge in [-0.2, -0.15) is 0 Å². The molecule has 5 heteroatoms. The molecule has 0 aliphatic heterocycles. The summed E-state index contributed by atoms with van der Waals surface area (Å²) >= 11 is 0. The molecule has 0 aliphatic carbocycles. The van der Waals surface area contributed by atoms with E-state index in [1.165, 1.54) is 18.2 Å². The van der Waals surface area contributed by atoms with Gasteiger partial charge in [0.05, 0.1) is 11.1 Å². The lowest BCUT2D eigenvalue weighted by atomic mass is 9.99. The second-order valence-corrected chi connectivity index (χ2v) is 4.32. The molecule has 5 nitrogen and oxygen atoms in total. The maximum atomic E-state index is 11.1. The molecule has 0 atom stereocenters. The van der Waals surface area contributed by atoms with Gasteiger partial charge < -0.3 is 15.3 Å². The van der Waals surface area contributed by atoms with Gasteiger partial charge in [0.1, 0.15) is 17.2 Å². The highest BCUT2D eigenvalue weighted by Crippen LogP contribution is 2.31.